The van der Waals surface area contributed by atoms with Crippen LogP contribution < -0.4 is 5.32 Å². The van der Waals surface area contributed by atoms with E-state index in [1.54, 1.807) is 12.1 Å². The van der Waals surface area contributed by atoms with Gasteiger partial charge in [0.05, 0.1) is 14.4 Å². The molecule has 1 aromatic heterocycles. The topological polar surface area (TPSA) is 63.2 Å². The van der Waals surface area contributed by atoms with Crippen LogP contribution in [0.25, 0.3) is 0 Å². The maximum atomic E-state index is 11.5. The summed E-state index contributed by atoms with van der Waals surface area (Å²) in [4.78, 5) is 12.1. The molecule has 4 nitrogen and oxygen atoms in total. The van der Waals surface area contributed by atoms with Gasteiger partial charge < -0.3 is 5.32 Å². The van der Waals surface area contributed by atoms with Gasteiger partial charge in [0.1, 0.15) is 9.84 Å². The molecule has 0 radical (unpaired) electrons. The Balaban J connectivity index is 2.31. The molecule has 16 heavy (non-hydrogen) atoms. The number of thiophene rings is 1. The fraction of sp³-hybridized carbons (Fsp3) is 0.444. The van der Waals surface area contributed by atoms with E-state index >= 15 is 0 Å². The van der Waals surface area contributed by atoms with Crippen molar-refractivity contribution in [2.45, 2.75) is 6.42 Å². The summed E-state index contributed by atoms with van der Waals surface area (Å²) in [5, 5.41) is 2.67. The number of carbonyl (C=O) groups is 1. The first-order chi connectivity index (χ1) is 7.38. The van der Waals surface area contributed by atoms with Crippen LogP contribution in [0.3, 0.4) is 0 Å². The van der Waals surface area contributed by atoms with Gasteiger partial charge in [-0.3, -0.25) is 4.79 Å². The summed E-state index contributed by atoms with van der Waals surface area (Å²) in [5.74, 6) is -0.0642. The molecule has 0 unspecified atom stereocenters. The second-order valence-corrected chi connectivity index (χ2v) is 8.07. The van der Waals surface area contributed by atoms with Crippen molar-refractivity contribution >= 4 is 43.0 Å². The first-order valence-electron chi connectivity index (χ1n) is 4.60. The van der Waals surface area contributed by atoms with E-state index in [9.17, 15) is 13.2 Å². The Morgan fingerprint density at radius 3 is 2.69 bits per heavy atom. The van der Waals surface area contributed by atoms with Crippen molar-refractivity contribution in [3.63, 3.8) is 0 Å². The van der Waals surface area contributed by atoms with Crippen LogP contribution in [-0.2, 0) is 9.84 Å². The second-order valence-electron chi connectivity index (χ2n) is 3.34. The molecule has 1 heterocycles. The lowest BCUT2D eigenvalue weighted by Gasteiger charge is -2.02. The third-order valence-electron chi connectivity index (χ3n) is 1.77. The van der Waals surface area contributed by atoms with E-state index in [4.69, 9.17) is 0 Å². The van der Waals surface area contributed by atoms with Gasteiger partial charge in [0.2, 0.25) is 0 Å². The Hall–Kier alpha value is -0.400. The molecule has 7 heteroatoms. The minimum Gasteiger partial charge on any atom is -0.351 e. The van der Waals surface area contributed by atoms with E-state index in [-0.39, 0.29) is 11.7 Å². The highest BCUT2D eigenvalue weighted by atomic mass is 79.9. The van der Waals surface area contributed by atoms with E-state index in [2.05, 4.69) is 21.2 Å². The predicted molar refractivity (Wildman–Crippen MR) is 68.7 cm³/mol. The molecular formula is C9H12BrNO3S2. The van der Waals surface area contributed by atoms with E-state index < -0.39 is 9.84 Å². The summed E-state index contributed by atoms with van der Waals surface area (Å²) in [6, 6.07) is 3.52. The zero-order valence-corrected chi connectivity index (χ0v) is 11.9. The highest BCUT2D eigenvalue weighted by Gasteiger charge is 2.08. The van der Waals surface area contributed by atoms with Crippen LogP contribution in [-0.4, -0.2) is 32.9 Å². The summed E-state index contributed by atoms with van der Waals surface area (Å²) >= 11 is 4.61. The quantitative estimate of drug-likeness (QED) is 0.838. The Morgan fingerprint density at radius 1 is 1.50 bits per heavy atom. The monoisotopic (exact) mass is 325 g/mol. The molecule has 1 N–H and O–H groups in total. The number of halogens is 1. The molecule has 0 atom stereocenters. The van der Waals surface area contributed by atoms with Gasteiger partial charge in [-0.1, -0.05) is 0 Å². The second kappa shape index (κ2) is 5.79. The lowest BCUT2D eigenvalue weighted by Crippen LogP contribution is -2.25. The van der Waals surface area contributed by atoms with E-state index in [1.165, 1.54) is 17.6 Å². The Kier molecular flexibility index (Phi) is 4.94. The Morgan fingerprint density at radius 2 is 2.19 bits per heavy atom. The minimum atomic E-state index is -2.94. The SMILES string of the molecule is CS(=O)(=O)CCCNC(=O)c1ccc(Br)s1. The summed E-state index contributed by atoms with van der Waals surface area (Å²) in [6.07, 6.45) is 1.63. The van der Waals surface area contributed by atoms with Crippen molar-refractivity contribution in [2.75, 3.05) is 18.6 Å². The van der Waals surface area contributed by atoms with Gasteiger partial charge >= 0.3 is 0 Å². The third-order valence-corrected chi connectivity index (χ3v) is 4.43. The number of sulfone groups is 1. The average molecular weight is 326 g/mol. The standard InChI is InChI=1S/C9H12BrNO3S2/c1-16(13,14)6-2-5-11-9(12)7-3-4-8(10)15-7/h3-4H,2,5-6H2,1H3,(H,11,12). The summed E-state index contributed by atoms with van der Waals surface area (Å²) in [7, 11) is -2.94. The van der Waals surface area contributed by atoms with Crippen molar-refractivity contribution in [1.29, 1.82) is 0 Å². The van der Waals surface area contributed by atoms with Gasteiger partial charge in [-0.05, 0) is 34.5 Å². The summed E-state index contributed by atoms with van der Waals surface area (Å²) in [5.41, 5.74) is 0. The molecule has 0 fully saturated rings. The minimum absolute atomic E-state index is 0.0986. The molecule has 0 bridgehead atoms. The Labute approximate surface area is 107 Å². The van der Waals surface area contributed by atoms with Crippen LogP contribution in [0.4, 0.5) is 0 Å². The van der Waals surface area contributed by atoms with Crippen LogP contribution in [0.15, 0.2) is 15.9 Å². The first-order valence-corrected chi connectivity index (χ1v) is 8.27. The molecule has 1 rings (SSSR count). The maximum Gasteiger partial charge on any atom is 0.261 e. The molecule has 0 aliphatic rings. The molecule has 0 spiro atoms. The van der Waals surface area contributed by atoms with Gasteiger partial charge in [-0.2, -0.15) is 0 Å². The molecule has 1 aromatic rings. The van der Waals surface area contributed by atoms with Crippen LogP contribution in [0.1, 0.15) is 16.1 Å². The molecule has 1 amide bonds. The largest absolute Gasteiger partial charge is 0.351 e. The van der Waals surface area contributed by atoms with E-state index in [1.807, 2.05) is 0 Å². The number of nitrogens with one attached hydrogen (secondary N) is 1. The van der Waals surface area contributed by atoms with Crippen LogP contribution >= 0.6 is 27.3 Å². The summed E-state index contributed by atoms with van der Waals surface area (Å²) in [6.45, 7) is 0.376. The smallest absolute Gasteiger partial charge is 0.261 e. The first kappa shape index (κ1) is 13.7. The van der Waals surface area contributed by atoms with Gasteiger partial charge in [0, 0.05) is 12.8 Å². The number of hydrogen-bond acceptors (Lipinski definition) is 4. The van der Waals surface area contributed by atoms with E-state index in [0.29, 0.717) is 17.8 Å². The number of rotatable bonds is 5. The van der Waals surface area contributed by atoms with Gasteiger partial charge in [0.15, 0.2) is 0 Å². The Bertz CT molecular complexity index is 467. The molecule has 0 aliphatic carbocycles. The molecule has 90 valence electrons. The van der Waals surface area contributed by atoms with Crippen molar-refractivity contribution in [2.24, 2.45) is 0 Å². The molecule has 0 aromatic carbocycles. The zero-order chi connectivity index (χ0) is 12.2. The molecule has 0 saturated carbocycles. The molecular weight excluding hydrogens is 314 g/mol. The fourth-order valence-corrected chi connectivity index (χ4v) is 3.03. The number of carbonyl (C=O) groups excluding carboxylic acids is 1. The van der Waals surface area contributed by atoms with Crippen LogP contribution in [0.2, 0.25) is 0 Å². The lowest BCUT2D eigenvalue weighted by molar-refractivity contribution is 0.0957. The van der Waals surface area contributed by atoms with Crippen LogP contribution in [0.5, 0.6) is 0 Å². The lowest BCUT2D eigenvalue weighted by atomic mass is 10.4. The van der Waals surface area contributed by atoms with Crippen molar-refractivity contribution in [3.05, 3.63) is 20.8 Å². The molecule has 0 aliphatic heterocycles. The van der Waals surface area contributed by atoms with Gasteiger partial charge in [-0.25, -0.2) is 8.42 Å². The number of hydrogen-bond donors (Lipinski definition) is 1. The molecule has 0 saturated heterocycles. The zero-order valence-electron chi connectivity index (χ0n) is 8.70. The van der Waals surface area contributed by atoms with Crippen LogP contribution in [0, 0.1) is 0 Å². The highest BCUT2D eigenvalue weighted by molar-refractivity contribution is 9.11. The van der Waals surface area contributed by atoms with Crippen molar-refractivity contribution < 1.29 is 13.2 Å². The third kappa shape index (κ3) is 5.09. The van der Waals surface area contributed by atoms with Crippen molar-refractivity contribution in [3.8, 4) is 0 Å². The predicted octanol–water partition coefficient (Wildman–Crippen LogP) is 1.68. The number of amides is 1. The van der Waals surface area contributed by atoms with Gasteiger partial charge in [-0.15, -0.1) is 11.3 Å². The van der Waals surface area contributed by atoms with Crippen molar-refractivity contribution in [1.82, 2.24) is 5.32 Å². The fourth-order valence-electron chi connectivity index (χ4n) is 1.06. The maximum absolute atomic E-state index is 11.5. The summed E-state index contributed by atoms with van der Waals surface area (Å²) < 4.78 is 22.6. The van der Waals surface area contributed by atoms with E-state index in [0.717, 1.165) is 3.79 Å². The van der Waals surface area contributed by atoms with Gasteiger partial charge in [0.25, 0.3) is 5.91 Å². The highest BCUT2D eigenvalue weighted by Crippen LogP contribution is 2.21. The average Bonchev–Trinajstić information content (AvgIpc) is 2.57. The normalized spacial score (nSPS) is 11.4.